The summed E-state index contributed by atoms with van der Waals surface area (Å²) in [5.74, 6) is 0.254. The van der Waals surface area contributed by atoms with Crippen molar-refractivity contribution < 1.29 is 22.7 Å². The lowest BCUT2D eigenvalue weighted by Crippen LogP contribution is -2.47. The van der Waals surface area contributed by atoms with Gasteiger partial charge in [0.2, 0.25) is 5.91 Å². The first-order valence-corrected chi connectivity index (χ1v) is 15.5. The van der Waals surface area contributed by atoms with Gasteiger partial charge in [0.1, 0.15) is 17.9 Å². The van der Waals surface area contributed by atoms with Gasteiger partial charge >= 0.3 is 6.36 Å². The number of para-hydroxylation sites is 1. The molecule has 46 heavy (non-hydrogen) atoms. The van der Waals surface area contributed by atoms with Crippen molar-refractivity contribution in [3.05, 3.63) is 89.0 Å². The summed E-state index contributed by atoms with van der Waals surface area (Å²) < 4.78 is 40.8. The molecule has 1 fully saturated rings. The number of nitrogens with zero attached hydrogens (tertiary/aromatic N) is 5. The summed E-state index contributed by atoms with van der Waals surface area (Å²) in [7, 11) is 1.90. The third-order valence-corrected chi connectivity index (χ3v) is 7.73. The van der Waals surface area contributed by atoms with Gasteiger partial charge in [-0.3, -0.25) is 10.2 Å². The van der Waals surface area contributed by atoms with Gasteiger partial charge in [0, 0.05) is 45.3 Å². The molecule has 14 heteroatoms. The minimum Gasteiger partial charge on any atom is -0.406 e. The SMILES string of the molecule is Cc1cccc(C)c1N=C(NN(C)Cc1ccc(C(N)=NC=Nc2ccc(OC(F)(F)F)cc2)cc1)SCC(=O)N1CCNCC1. The van der Waals surface area contributed by atoms with E-state index in [1.807, 2.05) is 73.3 Å². The van der Waals surface area contributed by atoms with Crippen molar-refractivity contribution in [1.29, 1.82) is 0 Å². The van der Waals surface area contributed by atoms with E-state index >= 15 is 0 Å². The minimum atomic E-state index is -4.76. The molecule has 1 amide bonds. The Bertz CT molecular complexity index is 1530. The molecule has 0 unspecified atom stereocenters. The molecule has 0 aromatic heterocycles. The fraction of sp³-hybridized carbons (Fsp3) is 0.312. The fourth-order valence-corrected chi connectivity index (χ4v) is 5.35. The smallest absolute Gasteiger partial charge is 0.406 e. The van der Waals surface area contributed by atoms with Gasteiger partial charge in [0.05, 0.1) is 17.1 Å². The number of hydrogen-bond donors (Lipinski definition) is 3. The van der Waals surface area contributed by atoms with Gasteiger partial charge in [-0.1, -0.05) is 54.2 Å². The molecule has 3 aromatic carbocycles. The third kappa shape index (κ3) is 10.9. The first-order chi connectivity index (χ1) is 22.0. The van der Waals surface area contributed by atoms with Crippen LogP contribution < -0.4 is 21.2 Å². The molecule has 0 spiro atoms. The van der Waals surface area contributed by atoms with E-state index in [1.165, 1.54) is 42.4 Å². The Morgan fingerprint density at radius 3 is 2.35 bits per heavy atom. The van der Waals surface area contributed by atoms with Crippen LogP contribution >= 0.6 is 11.8 Å². The number of carbonyl (C=O) groups is 1. The number of aryl methyl sites for hydroxylation is 2. The molecule has 0 bridgehead atoms. The van der Waals surface area contributed by atoms with Crippen LogP contribution in [-0.4, -0.2) is 78.5 Å². The highest BCUT2D eigenvalue weighted by molar-refractivity contribution is 8.14. The predicted octanol–water partition coefficient (Wildman–Crippen LogP) is 5.06. The number of amidine groups is 2. The first kappa shape index (κ1) is 34.5. The van der Waals surface area contributed by atoms with Crippen molar-refractivity contribution in [1.82, 2.24) is 20.7 Å². The second kappa shape index (κ2) is 16.2. The number of hydrogen-bond acceptors (Lipinski definition) is 7. The molecule has 0 saturated carbocycles. The average molecular weight is 655 g/mol. The topological polar surface area (TPSA) is 120 Å². The number of hydrazine groups is 1. The molecule has 3 aromatic rings. The Balaban J connectivity index is 1.37. The zero-order chi connectivity index (χ0) is 33.1. The maximum Gasteiger partial charge on any atom is 0.573 e. The molecule has 4 N–H and O–H groups in total. The quantitative estimate of drug-likeness (QED) is 0.159. The Hall–Kier alpha value is -4.40. The van der Waals surface area contributed by atoms with E-state index in [2.05, 4.69) is 25.5 Å². The van der Waals surface area contributed by atoms with Gasteiger partial charge in [0.25, 0.3) is 0 Å². The van der Waals surface area contributed by atoms with Crippen LogP contribution in [0.5, 0.6) is 5.75 Å². The molecular formula is C32H37F3N8O2S. The van der Waals surface area contributed by atoms with Crippen LogP contribution in [-0.2, 0) is 11.3 Å². The van der Waals surface area contributed by atoms with Crippen molar-refractivity contribution in [3.63, 3.8) is 0 Å². The van der Waals surface area contributed by atoms with Crippen LogP contribution in [0.15, 0.2) is 81.7 Å². The molecule has 1 aliphatic heterocycles. The summed E-state index contributed by atoms with van der Waals surface area (Å²) in [6.45, 7) is 7.56. The maximum atomic E-state index is 12.9. The van der Waals surface area contributed by atoms with Crippen molar-refractivity contribution in [2.75, 3.05) is 39.0 Å². The summed E-state index contributed by atoms with van der Waals surface area (Å²) in [4.78, 5) is 27.9. The number of carbonyl (C=O) groups excluding carboxylic acids is 1. The Morgan fingerprint density at radius 1 is 1.07 bits per heavy atom. The van der Waals surface area contributed by atoms with Gasteiger partial charge in [-0.15, -0.1) is 13.2 Å². The number of aliphatic imine (C=N–C) groups is 3. The van der Waals surface area contributed by atoms with Crippen molar-refractivity contribution in [3.8, 4) is 5.75 Å². The molecule has 1 heterocycles. The number of piperazine rings is 1. The number of nitrogens with two attached hydrogens (primary N) is 1. The Morgan fingerprint density at radius 2 is 1.72 bits per heavy atom. The summed E-state index contributed by atoms with van der Waals surface area (Å²) in [5.41, 5.74) is 14.5. The van der Waals surface area contributed by atoms with E-state index in [-0.39, 0.29) is 23.2 Å². The maximum absolute atomic E-state index is 12.9. The monoisotopic (exact) mass is 654 g/mol. The lowest BCUT2D eigenvalue weighted by Gasteiger charge is -2.27. The summed E-state index contributed by atoms with van der Waals surface area (Å²) in [5, 5.41) is 5.79. The zero-order valence-electron chi connectivity index (χ0n) is 25.8. The normalized spacial score (nSPS) is 14.6. The van der Waals surface area contributed by atoms with Crippen LogP contribution in [0.1, 0.15) is 22.3 Å². The molecule has 1 saturated heterocycles. The molecule has 0 atom stereocenters. The molecule has 0 radical (unpaired) electrons. The molecule has 10 nitrogen and oxygen atoms in total. The molecule has 244 valence electrons. The van der Waals surface area contributed by atoms with Gasteiger partial charge in [-0.05, 0) is 54.8 Å². The zero-order valence-corrected chi connectivity index (χ0v) is 26.7. The van der Waals surface area contributed by atoms with Crippen LogP contribution in [0.4, 0.5) is 24.5 Å². The van der Waals surface area contributed by atoms with E-state index in [4.69, 9.17) is 10.7 Å². The Kier molecular flexibility index (Phi) is 12.2. The van der Waals surface area contributed by atoms with Crippen molar-refractivity contribution in [2.24, 2.45) is 20.7 Å². The third-order valence-electron chi connectivity index (χ3n) is 6.88. The molecule has 4 rings (SSSR count). The second-order valence-corrected chi connectivity index (χ2v) is 11.5. The second-order valence-electron chi connectivity index (χ2n) is 10.5. The average Bonchev–Trinajstić information content (AvgIpc) is 3.02. The van der Waals surface area contributed by atoms with E-state index in [0.717, 1.165) is 35.5 Å². The van der Waals surface area contributed by atoms with Crippen LogP contribution in [0.3, 0.4) is 0 Å². The van der Waals surface area contributed by atoms with E-state index in [9.17, 15) is 18.0 Å². The number of thioether (sulfide) groups is 1. The van der Waals surface area contributed by atoms with E-state index in [0.29, 0.717) is 36.1 Å². The molecule has 0 aliphatic carbocycles. The fourth-order valence-electron chi connectivity index (χ4n) is 4.53. The Labute approximate surface area is 270 Å². The highest BCUT2D eigenvalue weighted by atomic mass is 32.2. The van der Waals surface area contributed by atoms with Crippen LogP contribution in [0.2, 0.25) is 0 Å². The number of amides is 1. The number of nitrogens with one attached hydrogen (secondary N) is 2. The van der Waals surface area contributed by atoms with Crippen LogP contribution in [0, 0.1) is 13.8 Å². The lowest BCUT2D eigenvalue weighted by atomic mass is 10.1. The van der Waals surface area contributed by atoms with Crippen LogP contribution in [0.25, 0.3) is 0 Å². The van der Waals surface area contributed by atoms with Gasteiger partial charge in [-0.25, -0.2) is 20.0 Å². The largest absolute Gasteiger partial charge is 0.573 e. The molecule has 1 aliphatic rings. The van der Waals surface area contributed by atoms with Gasteiger partial charge in [-0.2, -0.15) is 0 Å². The number of benzene rings is 3. The van der Waals surface area contributed by atoms with Gasteiger partial charge < -0.3 is 20.7 Å². The lowest BCUT2D eigenvalue weighted by molar-refractivity contribution is -0.274. The number of rotatable bonds is 10. The minimum absolute atomic E-state index is 0.0819. The summed E-state index contributed by atoms with van der Waals surface area (Å²) in [6, 6.07) is 18.7. The van der Waals surface area contributed by atoms with Gasteiger partial charge in [0.15, 0.2) is 5.17 Å². The first-order valence-electron chi connectivity index (χ1n) is 14.5. The number of alkyl halides is 3. The molecular weight excluding hydrogens is 617 g/mol. The van der Waals surface area contributed by atoms with E-state index < -0.39 is 6.36 Å². The summed E-state index contributed by atoms with van der Waals surface area (Å²) in [6.07, 6.45) is -3.52. The summed E-state index contributed by atoms with van der Waals surface area (Å²) >= 11 is 1.38. The highest BCUT2D eigenvalue weighted by Gasteiger charge is 2.31. The standard InChI is InChI=1S/C32H37F3N8O2S/c1-22-5-4-6-23(2)29(22)40-31(46-20-28(44)43-17-15-37-16-18-43)41-42(3)19-24-7-9-25(10-8-24)30(36)39-21-38-26-11-13-27(14-12-26)45-32(33,34)35/h4-14,21,37H,15-20H2,1-3H3,(H,40,41)(H2,36,38,39). The van der Waals surface area contributed by atoms with Crippen molar-refractivity contribution >= 4 is 46.4 Å². The number of halogens is 3. The number of ether oxygens (including phenoxy) is 1. The highest BCUT2D eigenvalue weighted by Crippen LogP contribution is 2.26. The predicted molar refractivity (Wildman–Crippen MR) is 178 cm³/mol. The van der Waals surface area contributed by atoms with Crippen molar-refractivity contribution in [2.45, 2.75) is 26.8 Å². The van der Waals surface area contributed by atoms with E-state index in [1.54, 1.807) is 0 Å².